The number of benzene rings is 2. The summed E-state index contributed by atoms with van der Waals surface area (Å²) in [5.74, 6) is -0.597. The molecule has 3 aromatic rings. The third-order valence-corrected chi connectivity index (χ3v) is 6.54. The van der Waals surface area contributed by atoms with Crippen molar-refractivity contribution in [3.8, 4) is 11.5 Å². The van der Waals surface area contributed by atoms with Crippen molar-refractivity contribution < 1.29 is 28.6 Å². The van der Waals surface area contributed by atoms with Crippen LogP contribution in [0.3, 0.4) is 0 Å². The molecular formula is C26H28N2O6S. The highest BCUT2D eigenvalue weighted by atomic mass is 32.1. The maximum atomic E-state index is 13.1. The second kappa shape index (κ2) is 11.1. The molecule has 1 heterocycles. The topological polar surface area (TPSA) is 103 Å². The Morgan fingerprint density at radius 1 is 0.886 bits per heavy atom. The molecule has 2 amide bonds. The van der Waals surface area contributed by atoms with Crippen molar-refractivity contribution in [1.29, 1.82) is 0 Å². The Hall–Kier alpha value is -3.85. The summed E-state index contributed by atoms with van der Waals surface area (Å²) in [5.41, 5.74) is 3.54. The molecule has 0 aliphatic heterocycles. The van der Waals surface area contributed by atoms with E-state index >= 15 is 0 Å². The summed E-state index contributed by atoms with van der Waals surface area (Å²) in [6, 6.07) is 10.4. The number of aryl methyl sites for hydroxylation is 2. The molecule has 0 fully saturated rings. The molecule has 0 aliphatic rings. The van der Waals surface area contributed by atoms with E-state index in [1.165, 1.54) is 20.3 Å². The quantitative estimate of drug-likeness (QED) is 0.406. The van der Waals surface area contributed by atoms with Gasteiger partial charge in [0, 0.05) is 11.3 Å². The van der Waals surface area contributed by atoms with Crippen LogP contribution in [-0.2, 0) is 4.74 Å². The fraction of sp³-hybridized carbons (Fsp3) is 0.269. The zero-order valence-corrected chi connectivity index (χ0v) is 21.3. The van der Waals surface area contributed by atoms with E-state index in [1.54, 1.807) is 26.0 Å². The summed E-state index contributed by atoms with van der Waals surface area (Å²) in [6.45, 7) is 7.38. The van der Waals surface area contributed by atoms with E-state index in [9.17, 15) is 14.4 Å². The van der Waals surface area contributed by atoms with Crippen molar-refractivity contribution in [3.05, 3.63) is 69.1 Å². The standard InChI is InChI=1S/C26H28N2O6S/c1-7-34-26(31)21-16(4)22(24(30)27-18-10-8-14(2)12-15(18)3)35-25(21)28-23(29)17-9-11-19(32-5)20(13-17)33-6/h8-13H,7H2,1-6H3,(H,27,30)(H,28,29). The second-order valence-electron chi connectivity index (χ2n) is 7.78. The number of carbonyl (C=O) groups is 3. The summed E-state index contributed by atoms with van der Waals surface area (Å²) in [5, 5.41) is 5.88. The van der Waals surface area contributed by atoms with Crippen LogP contribution in [0.4, 0.5) is 10.7 Å². The minimum Gasteiger partial charge on any atom is -0.493 e. The maximum Gasteiger partial charge on any atom is 0.341 e. The van der Waals surface area contributed by atoms with E-state index in [2.05, 4.69) is 10.6 Å². The van der Waals surface area contributed by atoms with Crippen LogP contribution in [0, 0.1) is 20.8 Å². The van der Waals surface area contributed by atoms with Gasteiger partial charge in [-0.3, -0.25) is 9.59 Å². The lowest BCUT2D eigenvalue weighted by Crippen LogP contribution is -2.15. The minimum atomic E-state index is -0.616. The molecular weight excluding hydrogens is 468 g/mol. The number of hydrogen-bond acceptors (Lipinski definition) is 7. The number of thiophene rings is 1. The molecule has 0 atom stereocenters. The number of amides is 2. The van der Waals surface area contributed by atoms with Crippen LogP contribution < -0.4 is 20.1 Å². The van der Waals surface area contributed by atoms with Gasteiger partial charge in [-0.05, 0) is 63.1 Å². The van der Waals surface area contributed by atoms with Gasteiger partial charge in [0.15, 0.2) is 11.5 Å². The number of nitrogens with one attached hydrogen (secondary N) is 2. The van der Waals surface area contributed by atoms with Gasteiger partial charge in [0.05, 0.1) is 31.3 Å². The van der Waals surface area contributed by atoms with Gasteiger partial charge < -0.3 is 24.8 Å². The van der Waals surface area contributed by atoms with E-state index < -0.39 is 11.9 Å². The van der Waals surface area contributed by atoms with Crippen LogP contribution in [-0.4, -0.2) is 38.6 Å². The van der Waals surface area contributed by atoms with Crippen molar-refractivity contribution in [2.75, 3.05) is 31.5 Å². The molecule has 0 saturated carbocycles. The van der Waals surface area contributed by atoms with Gasteiger partial charge in [-0.2, -0.15) is 0 Å². The highest BCUT2D eigenvalue weighted by molar-refractivity contribution is 7.19. The first kappa shape index (κ1) is 25.8. The van der Waals surface area contributed by atoms with Crippen LogP contribution in [0.5, 0.6) is 11.5 Å². The monoisotopic (exact) mass is 496 g/mol. The van der Waals surface area contributed by atoms with E-state index in [0.29, 0.717) is 33.2 Å². The van der Waals surface area contributed by atoms with Gasteiger partial charge in [0.25, 0.3) is 11.8 Å². The van der Waals surface area contributed by atoms with Crippen molar-refractivity contribution in [2.24, 2.45) is 0 Å². The Morgan fingerprint density at radius 2 is 1.60 bits per heavy atom. The number of rotatable bonds is 8. The van der Waals surface area contributed by atoms with E-state index in [1.807, 2.05) is 32.0 Å². The van der Waals surface area contributed by atoms with Crippen molar-refractivity contribution >= 4 is 39.8 Å². The van der Waals surface area contributed by atoms with Gasteiger partial charge in [-0.15, -0.1) is 11.3 Å². The summed E-state index contributed by atoms with van der Waals surface area (Å²) in [4.78, 5) is 39.2. The van der Waals surface area contributed by atoms with Crippen molar-refractivity contribution in [2.45, 2.75) is 27.7 Å². The zero-order chi connectivity index (χ0) is 25.7. The number of hydrogen-bond donors (Lipinski definition) is 2. The molecule has 9 heteroatoms. The van der Waals surface area contributed by atoms with Crippen LogP contribution in [0.15, 0.2) is 36.4 Å². The van der Waals surface area contributed by atoms with Crippen LogP contribution >= 0.6 is 11.3 Å². The number of carbonyl (C=O) groups excluding carboxylic acids is 3. The zero-order valence-electron chi connectivity index (χ0n) is 20.5. The number of methoxy groups -OCH3 is 2. The Balaban J connectivity index is 1.96. The molecule has 0 unspecified atom stereocenters. The van der Waals surface area contributed by atoms with Crippen LogP contribution in [0.25, 0.3) is 0 Å². The largest absolute Gasteiger partial charge is 0.493 e. The van der Waals surface area contributed by atoms with Crippen LogP contribution in [0.2, 0.25) is 0 Å². The molecule has 0 saturated heterocycles. The van der Waals surface area contributed by atoms with Crippen molar-refractivity contribution in [1.82, 2.24) is 0 Å². The van der Waals surface area contributed by atoms with E-state index in [4.69, 9.17) is 14.2 Å². The van der Waals surface area contributed by atoms with Gasteiger partial charge in [0.1, 0.15) is 5.00 Å². The normalized spacial score (nSPS) is 10.5. The molecule has 2 aromatic carbocycles. The first-order chi connectivity index (χ1) is 16.7. The van der Waals surface area contributed by atoms with E-state index in [0.717, 1.165) is 22.5 Å². The number of ether oxygens (including phenoxy) is 3. The Kier molecular flexibility index (Phi) is 8.14. The molecule has 8 nitrogen and oxygen atoms in total. The smallest absolute Gasteiger partial charge is 0.341 e. The fourth-order valence-electron chi connectivity index (χ4n) is 3.55. The van der Waals surface area contributed by atoms with Gasteiger partial charge in [-0.25, -0.2) is 4.79 Å². The predicted octanol–water partition coefficient (Wildman–Crippen LogP) is 5.37. The number of anilines is 2. The summed E-state index contributed by atoms with van der Waals surface area (Å²) < 4.78 is 15.7. The summed E-state index contributed by atoms with van der Waals surface area (Å²) in [6.07, 6.45) is 0. The first-order valence-corrected chi connectivity index (χ1v) is 11.7. The Labute approximate surface area is 208 Å². The Morgan fingerprint density at radius 3 is 2.23 bits per heavy atom. The molecule has 0 spiro atoms. The van der Waals surface area contributed by atoms with Gasteiger partial charge in [-0.1, -0.05) is 17.7 Å². The summed E-state index contributed by atoms with van der Waals surface area (Å²) in [7, 11) is 2.98. The SMILES string of the molecule is CCOC(=O)c1c(NC(=O)c2ccc(OC)c(OC)c2)sc(C(=O)Nc2ccc(C)cc2C)c1C. The highest BCUT2D eigenvalue weighted by Gasteiger charge is 2.27. The third kappa shape index (κ3) is 5.63. The van der Waals surface area contributed by atoms with Crippen molar-refractivity contribution in [3.63, 3.8) is 0 Å². The van der Waals surface area contributed by atoms with Gasteiger partial charge in [0.2, 0.25) is 0 Å². The van der Waals surface area contributed by atoms with E-state index in [-0.39, 0.29) is 23.1 Å². The molecule has 3 rings (SSSR count). The molecule has 0 radical (unpaired) electrons. The average molecular weight is 497 g/mol. The maximum absolute atomic E-state index is 13.1. The first-order valence-electron chi connectivity index (χ1n) is 10.9. The fourth-order valence-corrected chi connectivity index (χ4v) is 4.64. The molecule has 0 aliphatic carbocycles. The molecule has 184 valence electrons. The van der Waals surface area contributed by atoms with Crippen LogP contribution in [0.1, 0.15) is 54.0 Å². The second-order valence-corrected chi connectivity index (χ2v) is 8.80. The lowest BCUT2D eigenvalue weighted by molar-refractivity contribution is 0.0527. The molecule has 35 heavy (non-hydrogen) atoms. The molecule has 2 N–H and O–H groups in total. The number of esters is 1. The average Bonchev–Trinajstić information content (AvgIpc) is 3.16. The molecule has 0 bridgehead atoms. The predicted molar refractivity (Wildman–Crippen MR) is 136 cm³/mol. The Bertz CT molecular complexity index is 1280. The minimum absolute atomic E-state index is 0.149. The highest BCUT2D eigenvalue weighted by Crippen LogP contribution is 2.35. The third-order valence-electron chi connectivity index (χ3n) is 5.34. The van der Waals surface area contributed by atoms with Gasteiger partial charge >= 0.3 is 5.97 Å². The summed E-state index contributed by atoms with van der Waals surface area (Å²) >= 11 is 1.02. The molecule has 1 aromatic heterocycles. The lowest BCUT2D eigenvalue weighted by atomic mass is 10.1. The lowest BCUT2D eigenvalue weighted by Gasteiger charge is -2.10.